The lowest BCUT2D eigenvalue weighted by Gasteiger charge is -2.13. The van der Waals surface area contributed by atoms with Gasteiger partial charge in [-0.3, -0.25) is 29.5 Å². The van der Waals surface area contributed by atoms with E-state index in [4.69, 9.17) is 31.0 Å². The Labute approximate surface area is 388 Å². The van der Waals surface area contributed by atoms with Crippen LogP contribution in [0.1, 0.15) is 32.1 Å². The zero-order valence-corrected chi connectivity index (χ0v) is 38.4. The molecule has 0 spiro atoms. The van der Waals surface area contributed by atoms with Crippen molar-refractivity contribution in [1.82, 2.24) is 19.9 Å². The highest BCUT2D eigenvalue weighted by Gasteiger charge is 2.16. The third-order valence-corrected chi connectivity index (χ3v) is 12.3. The second-order valence-corrected chi connectivity index (χ2v) is 19.3. The minimum Gasteiger partial charge on any atom is -0.487 e. The molecular weight excluding hydrogens is 951 g/mol. The van der Waals surface area contributed by atoms with Gasteiger partial charge >= 0.3 is 7.12 Å². The third kappa shape index (κ3) is 12.6. The Morgan fingerprint density at radius 1 is 0.576 bits per heavy atom. The van der Waals surface area contributed by atoms with Crippen LogP contribution in [-0.4, -0.2) is 78.3 Å². The van der Waals surface area contributed by atoms with E-state index in [1.807, 2.05) is 48.5 Å². The van der Waals surface area contributed by atoms with E-state index >= 15 is 0 Å². The average molecular weight is 992 g/mol. The second kappa shape index (κ2) is 21.3. The predicted octanol–water partition coefficient (Wildman–Crippen LogP) is 5.22. The van der Waals surface area contributed by atoms with E-state index in [0.717, 1.165) is 43.7 Å². The summed E-state index contributed by atoms with van der Waals surface area (Å²) >= 11 is 3.44. The van der Waals surface area contributed by atoms with Gasteiger partial charge in [-0.25, -0.2) is 16.8 Å². The number of pyridine rings is 4. The van der Waals surface area contributed by atoms with Crippen molar-refractivity contribution in [3.63, 3.8) is 0 Å². The first-order valence-electron chi connectivity index (χ1n) is 19.5. The van der Waals surface area contributed by atoms with Gasteiger partial charge in [-0.05, 0) is 114 Å². The number of nitrogens with two attached hydrogens (primary N) is 2. The molecule has 0 saturated carbocycles. The first-order valence-corrected chi connectivity index (χ1v) is 24.1. The second-order valence-electron chi connectivity index (χ2n) is 14.3. The smallest absolute Gasteiger partial charge is 0.487 e. The Morgan fingerprint density at radius 3 is 1.45 bits per heavy atom. The SMILES string of the molecule is CS(=O)(=O)c1ccc(-c2cc(OCc3ncccc3C(N)=O)c3cccnc3c2)cc1.CS(=O)(=O)c1ccc(B(O)O)cc1.NC(=O)c1cccnc1COc1cc(Br)cc2ncccc12. The number of aromatic nitrogens is 4. The van der Waals surface area contributed by atoms with Gasteiger partial charge in [0.2, 0.25) is 0 Å². The summed E-state index contributed by atoms with van der Waals surface area (Å²) in [6.07, 6.45) is 8.86. The van der Waals surface area contributed by atoms with Crippen LogP contribution in [0, 0.1) is 0 Å². The van der Waals surface area contributed by atoms with Gasteiger partial charge in [0.15, 0.2) is 19.7 Å². The van der Waals surface area contributed by atoms with Gasteiger partial charge in [-0.15, -0.1) is 0 Å². The molecule has 0 fully saturated rings. The number of amides is 2. The maximum atomic E-state index is 11.7. The molecule has 6 N–H and O–H groups in total. The van der Waals surface area contributed by atoms with E-state index in [1.54, 1.807) is 73.3 Å². The molecule has 0 unspecified atom stereocenters. The summed E-state index contributed by atoms with van der Waals surface area (Å²) in [6.45, 7) is 0.207. The quantitative estimate of drug-likeness (QED) is 0.114. The van der Waals surface area contributed by atoms with Crippen LogP contribution in [0.2, 0.25) is 0 Å². The third-order valence-electron chi connectivity index (χ3n) is 9.59. The maximum Gasteiger partial charge on any atom is 0.488 e. The van der Waals surface area contributed by atoms with Crippen molar-refractivity contribution in [1.29, 1.82) is 0 Å². The molecule has 0 atom stereocenters. The lowest BCUT2D eigenvalue weighted by molar-refractivity contribution is 0.0989. The van der Waals surface area contributed by atoms with Crippen LogP contribution in [0.4, 0.5) is 0 Å². The number of nitrogens with zero attached hydrogens (tertiary/aromatic N) is 4. The fourth-order valence-corrected chi connectivity index (χ4v) is 7.98. The molecular formula is C46H40BBrN6O10S2. The molecule has 20 heteroatoms. The molecule has 8 rings (SSSR count). The zero-order valence-electron chi connectivity index (χ0n) is 35.1. The van der Waals surface area contributed by atoms with Gasteiger partial charge in [0.05, 0.1) is 43.3 Å². The molecule has 4 heterocycles. The molecule has 2 amide bonds. The van der Waals surface area contributed by atoms with Gasteiger partial charge in [-0.1, -0.05) is 40.2 Å². The van der Waals surface area contributed by atoms with E-state index in [2.05, 4.69) is 35.9 Å². The predicted molar refractivity (Wildman–Crippen MR) is 253 cm³/mol. The number of carbonyl (C=O) groups is 2. The summed E-state index contributed by atoms with van der Waals surface area (Å²) in [5, 5.41) is 19.1. The van der Waals surface area contributed by atoms with Crippen molar-refractivity contribution in [2.75, 3.05) is 12.5 Å². The highest BCUT2D eigenvalue weighted by Crippen LogP contribution is 2.33. The number of hydrogen-bond acceptors (Lipinski definition) is 14. The Bertz CT molecular complexity index is 3270. The molecule has 0 bridgehead atoms. The summed E-state index contributed by atoms with van der Waals surface area (Å²) in [4.78, 5) is 40.6. The van der Waals surface area contributed by atoms with Crippen molar-refractivity contribution in [3.8, 4) is 22.6 Å². The molecule has 0 aliphatic carbocycles. The Balaban J connectivity index is 0.000000179. The summed E-state index contributed by atoms with van der Waals surface area (Å²) in [5.41, 5.74) is 15.8. The molecule has 0 aliphatic rings. The first-order chi connectivity index (χ1) is 31.4. The Hall–Kier alpha value is -7.10. The van der Waals surface area contributed by atoms with Crippen LogP contribution in [-0.2, 0) is 32.9 Å². The van der Waals surface area contributed by atoms with Crippen molar-refractivity contribution >= 4 is 81.8 Å². The average Bonchev–Trinajstić information content (AvgIpc) is 3.30. The molecule has 66 heavy (non-hydrogen) atoms. The van der Waals surface area contributed by atoms with Gasteiger partial charge in [-0.2, -0.15) is 0 Å². The number of ether oxygens (including phenoxy) is 2. The topological polar surface area (TPSA) is 265 Å². The van der Waals surface area contributed by atoms with Crippen LogP contribution in [0.5, 0.6) is 11.5 Å². The van der Waals surface area contributed by atoms with E-state index in [-0.39, 0.29) is 28.5 Å². The molecule has 4 aromatic heterocycles. The molecule has 0 aliphatic heterocycles. The summed E-state index contributed by atoms with van der Waals surface area (Å²) in [6, 6.07) is 33.6. The summed E-state index contributed by atoms with van der Waals surface area (Å²) in [7, 11) is -8.05. The van der Waals surface area contributed by atoms with Crippen LogP contribution in [0.15, 0.2) is 160 Å². The normalized spacial score (nSPS) is 11.1. The maximum absolute atomic E-state index is 11.7. The minimum atomic E-state index is -3.28. The van der Waals surface area contributed by atoms with Crippen molar-refractivity contribution in [2.45, 2.75) is 23.0 Å². The van der Waals surface area contributed by atoms with E-state index in [1.165, 1.54) is 30.5 Å². The lowest BCUT2D eigenvalue weighted by atomic mass is 9.81. The van der Waals surface area contributed by atoms with Crippen LogP contribution >= 0.6 is 15.9 Å². The zero-order chi connectivity index (χ0) is 47.6. The van der Waals surface area contributed by atoms with Crippen molar-refractivity contribution in [2.24, 2.45) is 11.5 Å². The number of benzene rings is 4. The molecule has 4 aromatic carbocycles. The molecule has 0 saturated heterocycles. The number of primary amides is 2. The summed E-state index contributed by atoms with van der Waals surface area (Å²) in [5.74, 6) is 0.137. The molecule has 0 radical (unpaired) electrons. The largest absolute Gasteiger partial charge is 0.488 e. The van der Waals surface area contributed by atoms with Crippen molar-refractivity contribution in [3.05, 3.63) is 173 Å². The number of fused-ring (bicyclic) bond motifs is 2. The van der Waals surface area contributed by atoms with Gasteiger partial charge in [0.1, 0.15) is 24.7 Å². The monoisotopic (exact) mass is 990 g/mol. The number of sulfone groups is 2. The van der Waals surface area contributed by atoms with E-state index < -0.39 is 38.6 Å². The van der Waals surface area contributed by atoms with Crippen LogP contribution < -0.4 is 26.4 Å². The Kier molecular flexibility index (Phi) is 15.6. The van der Waals surface area contributed by atoms with Crippen molar-refractivity contribution < 1.29 is 45.9 Å². The molecule has 336 valence electrons. The van der Waals surface area contributed by atoms with Gasteiger partial charge < -0.3 is 31.0 Å². The van der Waals surface area contributed by atoms with E-state index in [9.17, 15) is 26.4 Å². The number of carbonyl (C=O) groups excluding carboxylic acids is 2. The standard InChI is InChI=1S/C23H19N3O4S.C16H12BrN3O2.C7H9BO4S/c1-31(28,29)17-8-6-15(7-9-17)16-12-20-18(4-2-10-25-20)22(13-16)30-14-21-19(23(24)27)5-3-11-26-21;17-10-7-13-11(3-1-5-19-13)15(8-10)22-9-14-12(16(18)21)4-2-6-20-14;1-13(11,12)7-4-2-6(3-5-7)8(9)10/h2-13H,14H2,1H3,(H2,24,27);1-8H,9H2,(H2,18,21);2-5,9-10H,1H3. The first kappa shape index (κ1) is 48.4. The highest BCUT2D eigenvalue weighted by atomic mass is 79.9. The fraction of sp³-hybridized carbons (Fsp3) is 0.0870. The number of rotatable bonds is 12. The number of halogens is 1. The van der Waals surface area contributed by atoms with Gasteiger partial charge in [0, 0.05) is 52.5 Å². The fourth-order valence-electron chi connectivity index (χ4n) is 6.30. The summed E-state index contributed by atoms with van der Waals surface area (Å²) < 4.78 is 58.2. The number of hydrogen-bond donors (Lipinski definition) is 4. The highest BCUT2D eigenvalue weighted by molar-refractivity contribution is 9.10. The Morgan fingerprint density at radius 2 is 1.00 bits per heavy atom. The lowest BCUT2D eigenvalue weighted by Crippen LogP contribution is -2.29. The van der Waals surface area contributed by atoms with Crippen LogP contribution in [0.3, 0.4) is 0 Å². The van der Waals surface area contributed by atoms with Crippen LogP contribution in [0.25, 0.3) is 32.9 Å². The minimum absolute atomic E-state index is 0.0551. The van der Waals surface area contributed by atoms with Gasteiger partial charge in [0.25, 0.3) is 11.8 Å². The van der Waals surface area contributed by atoms with E-state index in [0.29, 0.717) is 34.0 Å². The molecule has 8 aromatic rings. The molecule has 16 nitrogen and oxygen atoms in total.